The molecule has 0 aliphatic carbocycles. The van der Waals surface area contributed by atoms with Crippen LogP contribution in [0.2, 0.25) is 10.0 Å². The standard InChI is InChI=1S/C23H15Cl2F4N5O3/c24-12-4-11(8-30)5-14(6-12)37-19-20(23(27,28)29)31-10-34(22(19)36)9-13-7-16(21(35)33-32-13)15-2-1-3-17(25)18(15)26/h1-6,10,13,16,32H,7,9H2,(H,33,35). The number of carbonyl (C=O) groups is 1. The van der Waals surface area contributed by atoms with Gasteiger partial charge in [0.05, 0.1) is 28.9 Å². The number of nitrogens with zero attached hydrogens (tertiary/aromatic N) is 3. The van der Waals surface area contributed by atoms with E-state index in [0.29, 0.717) is 6.33 Å². The summed E-state index contributed by atoms with van der Waals surface area (Å²) < 4.78 is 61.5. The molecule has 1 fully saturated rings. The number of benzene rings is 2. The molecule has 2 aromatic carbocycles. The molecule has 1 aliphatic rings. The molecule has 0 radical (unpaired) electrons. The number of halogens is 6. The summed E-state index contributed by atoms with van der Waals surface area (Å²) in [6, 6.07) is 8.80. The Balaban J connectivity index is 1.66. The largest absolute Gasteiger partial charge is 0.449 e. The molecule has 14 heteroatoms. The number of nitrogens with one attached hydrogen (secondary N) is 2. The Morgan fingerprint density at radius 2 is 1.97 bits per heavy atom. The molecule has 37 heavy (non-hydrogen) atoms. The van der Waals surface area contributed by atoms with E-state index in [1.54, 1.807) is 6.07 Å². The first-order chi connectivity index (χ1) is 17.5. The van der Waals surface area contributed by atoms with Gasteiger partial charge in [0.15, 0.2) is 5.69 Å². The van der Waals surface area contributed by atoms with Crippen molar-refractivity contribution < 1.29 is 27.1 Å². The van der Waals surface area contributed by atoms with Crippen molar-refractivity contribution in [2.75, 3.05) is 0 Å². The number of hydrazine groups is 1. The topological polar surface area (TPSA) is 109 Å². The van der Waals surface area contributed by atoms with Crippen LogP contribution in [0.5, 0.6) is 11.5 Å². The molecule has 3 aromatic rings. The number of rotatable bonds is 5. The predicted molar refractivity (Wildman–Crippen MR) is 124 cm³/mol. The maximum atomic E-state index is 14.5. The quantitative estimate of drug-likeness (QED) is 0.447. The van der Waals surface area contributed by atoms with E-state index in [-0.39, 0.29) is 39.9 Å². The zero-order valence-electron chi connectivity index (χ0n) is 18.4. The molecular weight excluding hydrogens is 541 g/mol. The van der Waals surface area contributed by atoms with E-state index in [9.17, 15) is 27.2 Å². The van der Waals surface area contributed by atoms with Crippen molar-refractivity contribution in [1.29, 1.82) is 5.26 Å². The third kappa shape index (κ3) is 5.69. The summed E-state index contributed by atoms with van der Waals surface area (Å²) in [4.78, 5) is 28.8. The smallest absolute Gasteiger partial charge is 0.437 e. The lowest BCUT2D eigenvalue weighted by Gasteiger charge is -2.31. The molecule has 4 rings (SSSR count). The average Bonchev–Trinajstić information content (AvgIpc) is 2.83. The fraction of sp³-hybridized carbons (Fsp3) is 0.217. The third-order valence-electron chi connectivity index (χ3n) is 5.50. The van der Waals surface area contributed by atoms with Crippen LogP contribution >= 0.6 is 23.2 Å². The van der Waals surface area contributed by atoms with Crippen molar-refractivity contribution in [3.63, 3.8) is 0 Å². The number of aromatic nitrogens is 2. The number of amides is 1. The number of ether oxygens (including phenoxy) is 1. The Kier molecular flexibility index (Phi) is 7.40. The van der Waals surface area contributed by atoms with Crippen LogP contribution in [0.25, 0.3) is 0 Å². The van der Waals surface area contributed by atoms with Gasteiger partial charge >= 0.3 is 6.18 Å². The lowest BCUT2D eigenvalue weighted by atomic mass is 9.89. The highest BCUT2D eigenvalue weighted by molar-refractivity contribution is 6.31. The molecule has 192 valence electrons. The minimum atomic E-state index is -5.03. The number of hydrogen-bond donors (Lipinski definition) is 2. The number of alkyl halides is 3. The SMILES string of the molecule is N#Cc1cc(Cl)cc(Oc2c(C(F)(F)F)ncn(CC3CC(c4cccc(Cl)c4F)C(=O)NN3)c2=O)c1. The van der Waals surface area contributed by atoms with Crippen LogP contribution in [0.15, 0.2) is 47.5 Å². The van der Waals surface area contributed by atoms with Crippen molar-refractivity contribution in [2.24, 2.45) is 0 Å². The number of hydrogen-bond acceptors (Lipinski definition) is 6. The second-order valence-electron chi connectivity index (χ2n) is 8.03. The molecule has 8 nitrogen and oxygen atoms in total. The predicted octanol–water partition coefficient (Wildman–Crippen LogP) is 4.55. The van der Waals surface area contributed by atoms with E-state index < -0.39 is 46.9 Å². The van der Waals surface area contributed by atoms with E-state index >= 15 is 0 Å². The third-order valence-corrected chi connectivity index (χ3v) is 6.01. The van der Waals surface area contributed by atoms with E-state index in [4.69, 9.17) is 33.2 Å². The summed E-state index contributed by atoms with van der Waals surface area (Å²) in [5, 5.41) is 8.91. The summed E-state index contributed by atoms with van der Waals surface area (Å²) in [6.07, 6.45) is -4.34. The maximum absolute atomic E-state index is 14.5. The molecular formula is C23H15Cl2F4N5O3. The lowest BCUT2D eigenvalue weighted by molar-refractivity contribution is -0.142. The Labute approximate surface area is 216 Å². The van der Waals surface area contributed by atoms with Gasteiger partial charge in [0, 0.05) is 23.2 Å². The molecule has 1 saturated heterocycles. The van der Waals surface area contributed by atoms with Crippen molar-refractivity contribution in [1.82, 2.24) is 20.4 Å². The maximum Gasteiger partial charge on any atom is 0.437 e. The monoisotopic (exact) mass is 555 g/mol. The zero-order valence-corrected chi connectivity index (χ0v) is 20.0. The average molecular weight is 556 g/mol. The van der Waals surface area contributed by atoms with Crippen LogP contribution in [-0.4, -0.2) is 21.5 Å². The van der Waals surface area contributed by atoms with Gasteiger partial charge in [-0.3, -0.25) is 19.6 Å². The first-order valence-electron chi connectivity index (χ1n) is 10.5. The molecule has 0 saturated carbocycles. The molecule has 2 heterocycles. The van der Waals surface area contributed by atoms with Crippen LogP contribution in [0.3, 0.4) is 0 Å². The molecule has 0 bridgehead atoms. The van der Waals surface area contributed by atoms with Crippen LogP contribution < -0.4 is 21.1 Å². The van der Waals surface area contributed by atoms with Crippen LogP contribution in [-0.2, 0) is 17.5 Å². The second-order valence-corrected chi connectivity index (χ2v) is 8.87. The van der Waals surface area contributed by atoms with Crippen molar-refractivity contribution in [2.45, 2.75) is 31.1 Å². The first kappa shape index (κ1) is 26.4. The Hall–Kier alpha value is -3.66. The van der Waals surface area contributed by atoms with Gasteiger partial charge in [-0.05, 0) is 30.7 Å². The summed E-state index contributed by atoms with van der Waals surface area (Å²) in [6.45, 7) is -0.252. The van der Waals surface area contributed by atoms with Crippen molar-refractivity contribution in [3.8, 4) is 17.6 Å². The van der Waals surface area contributed by atoms with E-state index in [2.05, 4.69) is 15.8 Å². The van der Waals surface area contributed by atoms with Crippen LogP contribution in [0, 0.1) is 17.1 Å². The zero-order chi connectivity index (χ0) is 26.9. The van der Waals surface area contributed by atoms with E-state index in [0.717, 1.165) is 16.7 Å². The molecule has 1 aliphatic heterocycles. The minimum Gasteiger partial charge on any atom is -0.449 e. The summed E-state index contributed by atoms with van der Waals surface area (Å²) in [5.74, 6) is -3.69. The Morgan fingerprint density at radius 1 is 1.22 bits per heavy atom. The van der Waals surface area contributed by atoms with Gasteiger partial charge in [-0.15, -0.1) is 0 Å². The molecule has 2 N–H and O–H groups in total. The van der Waals surface area contributed by atoms with Gasteiger partial charge < -0.3 is 4.74 Å². The summed E-state index contributed by atoms with van der Waals surface area (Å²) in [5.41, 5.74) is 2.33. The van der Waals surface area contributed by atoms with Crippen molar-refractivity contribution >= 4 is 29.1 Å². The number of nitriles is 1. The fourth-order valence-corrected chi connectivity index (χ4v) is 4.23. The molecule has 2 atom stereocenters. The summed E-state index contributed by atoms with van der Waals surface area (Å²) in [7, 11) is 0. The van der Waals surface area contributed by atoms with Gasteiger partial charge in [0.1, 0.15) is 11.6 Å². The first-order valence-corrected chi connectivity index (χ1v) is 11.3. The Morgan fingerprint density at radius 3 is 2.68 bits per heavy atom. The highest BCUT2D eigenvalue weighted by Crippen LogP contribution is 2.35. The van der Waals surface area contributed by atoms with Gasteiger partial charge in [-0.2, -0.15) is 18.4 Å². The van der Waals surface area contributed by atoms with E-state index in [1.165, 1.54) is 24.3 Å². The second kappa shape index (κ2) is 10.4. The molecule has 1 aromatic heterocycles. The van der Waals surface area contributed by atoms with Gasteiger partial charge in [0.25, 0.3) is 5.56 Å². The van der Waals surface area contributed by atoms with Crippen molar-refractivity contribution in [3.05, 3.63) is 85.8 Å². The molecule has 2 unspecified atom stereocenters. The van der Waals surface area contributed by atoms with Gasteiger partial charge in [-0.25, -0.2) is 14.8 Å². The van der Waals surface area contributed by atoms with Crippen LogP contribution in [0.1, 0.15) is 29.2 Å². The highest BCUT2D eigenvalue weighted by Gasteiger charge is 2.39. The normalized spacial score (nSPS) is 17.7. The highest BCUT2D eigenvalue weighted by atomic mass is 35.5. The minimum absolute atomic E-state index is 0.00158. The summed E-state index contributed by atoms with van der Waals surface area (Å²) >= 11 is 11.7. The van der Waals surface area contributed by atoms with E-state index in [1.807, 2.05) is 0 Å². The lowest BCUT2D eigenvalue weighted by Crippen LogP contribution is -2.54. The fourth-order valence-electron chi connectivity index (χ4n) is 3.82. The van der Waals surface area contributed by atoms with Gasteiger partial charge in [-0.1, -0.05) is 35.3 Å². The van der Waals surface area contributed by atoms with Crippen LogP contribution in [0.4, 0.5) is 17.6 Å². The molecule has 1 amide bonds. The number of carbonyl (C=O) groups excluding carboxylic acids is 1. The Bertz CT molecular complexity index is 1470. The van der Waals surface area contributed by atoms with Gasteiger partial charge in [0.2, 0.25) is 11.7 Å². The molecule has 0 spiro atoms.